The number of aryl methyl sites for hydroxylation is 1. The first-order valence-corrected chi connectivity index (χ1v) is 5.50. The quantitative estimate of drug-likeness (QED) is 0.639. The predicted molar refractivity (Wildman–Crippen MR) is 67.4 cm³/mol. The first kappa shape index (κ1) is 10.5. The minimum atomic E-state index is -0.281. The van der Waals surface area contributed by atoms with Crippen LogP contribution in [0.5, 0.6) is 0 Å². The fraction of sp³-hybridized carbons (Fsp3) is 0.0833. The molecule has 0 aliphatic heterocycles. The van der Waals surface area contributed by atoms with Crippen LogP contribution in [-0.2, 0) is 0 Å². The van der Waals surface area contributed by atoms with Crippen molar-refractivity contribution in [3.05, 3.63) is 41.7 Å². The number of nitrogens with zero attached hydrogens (tertiary/aromatic N) is 2. The monoisotopic (exact) mass is 241 g/mol. The summed E-state index contributed by atoms with van der Waals surface area (Å²) in [5.74, 6) is 0.229. The molecule has 0 aliphatic rings. The number of hydrogen-bond donors (Lipinski definition) is 3. The summed E-state index contributed by atoms with van der Waals surface area (Å²) >= 11 is 0. The van der Waals surface area contributed by atoms with Crippen molar-refractivity contribution in [2.24, 2.45) is 0 Å². The highest BCUT2D eigenvalue weighted by Gasteiger charge is 2.12. The maximum Gasteiger partial charge on any atom is 0.277 e. The van der Waals surface area contributed by atoms with Crippen molar-refractivity contribution in [2.45, 2.75) is 6.92 Å². The molecule has 0 aliphatic carbocycles. The maximum absolute atomic E-state index is 11.9. The van der Waals surface area contributed by atoms with Gasteiger partial charge >= 0.3 is 0 Å². The third-order valence-electron chi connectivity index (χ3n) is 2.64. The van der Waals surface area contributed by atoms with E-state index in [-0.39, 0.29) is 5.91 Å². The zero-order valence-corrected chi connectivity index (χ0v) is 9.69. The third-order valence-corrected chi connectivity index (χ3v) is 2.64. The molecule has 0 saturated heterocycles. The lowest BCUT2D eigenvalue weighted by atomic mass is 10.2. The van der Waals surface area contributed by atoms with E-state index in [2.05, 4.69) is 25.7 Å². The number of nitrogens with one attached hydrogen (secondary N) is 3. The SMILES string of the molecule is Cc1cc(C(=O)Nc2n[nH]c3ccccc23)n[nH]1. The number of carbonyl (C=O) groups excluding carboxylic acids is 1. The van der Waals surface area contributed by atoms with Crippen molar-refractivity contribution in [3.63, 3.8) is 0 Å². The van der Waals surface area contributed by atoms with Crippen LogP contribution in [0.25, 0.3) is 10.9 Å². The highest BCUT2D eigenvalue weighted by Crippen LogP contribution is 2.19. The number of rotatable bonds is 2. The van der Waals surface area contributed by atoms with Gasteiger partial charge in [-0.05, 0) is 25.1 Å². The lowest BCUT2D eigenvalue weighted by Crippen LogP contribution is -2.12. The van der Waals surface area contributed by atoms with Gasteiger partial charge in [0.2, 0.25) is 0 Å². The van der Waals surface area contributed by atoms with Gasteiger partial charge in [-0.3, -0.25) is 15.0 Å². The Labute approximate surface area is 102 Å². The van der Waals surface area contributed by atoms with E-state index in [1.165, 1.54) is 0 Å². The second-order valence-electron chi connectivity index (χ2n) is 4.01. The van der Waals surface area contributed by atoms with Gasteiger partial charge in [-0.2, -0.15) is 10.2 Å². The van der Waals surface area contributed by atoms with Gasteiger partial charge in [-0.1, -0.05) is 12.1 Å². The normalized spacial score (nSPS) is 10.7. The van der Waals surface area contributed by atoms with Gasteiger partial charge in [-0.25, -0.2) is 0 Å². The first-order chi connectivity index (χ1) is 8.74. The molecule has 0 fully saturated rings. The number of hydrogen-bond acceptors (Lipinski definition) is 3. The van der Waals surface area contributed by atoms with Crippen molar-refractivity contribution in [3.8, 4) is 0 Å². The Balaban J connectivity index is 1.90. The molecule has 0 spiro atoms. The minimum Gasteiger partial charge on any atom is -0.303 e. The van der Waals surface area contributed by atoms with Gasteiger partial charge in [0.05, 0.1) is 5.52 Å². The number of aromatic nitrogens is 4. The molecule has 0 saturated carbocycles. The molecule has 1 amide bonds. The molecule has 2 aromatic heterocycles. The second-order valence-corrected chi connectivity index (χ2v) is 4.01. The molecule has 3 rings (SSSR count). The summed E-state index contributed by atoms with van der Waals surface area (Å²) in [5, 5.41) is 17.2. The molecule has 2 heterocycles. The standard InChI is InChI=1S/C12H11N5O/c1-7-6-10(16-14-7)12(18)13-11-8-4-2-3-5-9(8)15-17-11/h2-6H,1H3,(H,14,16)(H2,13,15,17,18). The van der Waals surface area contributed by atoms with Crippen LogP contribution >= 0.6 is 0 Å². The van der Waals surface area contributed by atoms with Crippen molar-refractivity contribution in [1.29, 1.82) is 0 Å². The number of H-pyrrole nitrogens is 2. The van der Waals surface area contributed by atoms with Crippen LogP contribution in [0.1, 0.15) is 16.2 Å². The van der Waals surface area contributed by atoms with E-state index in [1.54, 1.807) is 6.07 Å². The van der Waals surface area contributed by atoms with Crippen LogP contribution < -0.4 is 5.32 Å². The predicted octanol–water partition coefficient (Wildman–Crippen LogP) is 1.85. The largest absolute Gasteiger partial charge is 0.303 e. The Hall–Kier alpha value is -2.63. The maximum atomic E-state index is 11.9. The summed E-state index contributed by atoms with van der Waals surface area (Å²) < 4.78 is 0. The Kier molecular flexibility index (Phi) is 2.33. The van der Waals surface area contributed by atoms with E-state index in [0.717, 1.165) is 16.6 Å². The number of anilines is 1. The highest BCUT2D eigenvalue weighted by atomic mass is 16.2. The molecule has 0 radical (unpaired) electrons. The van der Waals surface area contributed by atoms with E-state index in [0.29, 0.717) is 11.5 Å². The Morgan fingerprint density at radius 3 is 2.83 bits per heavy atom. The second kappa shape index (κ2) is 3.99. The smallest absolute Gasteiger partial charge is 0.277 e. The fourth-order valence-corrected chi connectivity index (χ4v) is 1.76. The Morgan fingerprint density at radius 1 is 1.22 bits per heavy atom. The van der Waals surface area contributed by atoms with Crippen molar-refractivity contribution in [2.75, 3.05) is 5.32 Å². The molecule has 0 atom stereocenters. The number of benzene rings is 1. The van der Waals surface area contributed by atoms with Gasteiger partial charge in [0.15, 0.2) is 11.5 Å². The zero-order chi connectivity index (χ0) is 12.5. The van der Waals surface area contributed by atoms with Crippen molar-refractivity contribution in [1.82, 2.24) is 20.4 Å². The highest BCUT2D eigenvalue weighted by molar-refractivity contribution is 6.06. The van der Waals surface area contributed by atoms with Crippen LogP contribution in [0, 0.1) is 6.92 Å². The van der Waals surface area contributed by atoms with E-state index in [4.69, 9.17) is 0 Å². The number of carbonyl (C=O) groups is 1. The van der Waals surface area contributed by atoms with Gasteiger partial charge in [-0.15, -0.1) is 0 Å². The summed E-state index contributed by atoms with van der Waals surface area (Å²) in [6, 6.07) is 9.28. The third kappa shape index (κ3) is 1.73. The van der Waals surface area contributed by atoms with Gasteiger partial charge in [0.25, 0.3) is 5.91 Å². The molecular formula is C12H11N5O. The van der Waals surface area contributed by atoms with Crippen LogP contribution in [-0.4, -0.2) is 26.3 Å². The zero-order valence-electron chi connectivity index (χ0n) is 9.69. The first-order valence-electron chi connectivity index (χ1n) is 5.50. The van der Waals surface area contributed by atoms with Gasteiger partial charge in [0.1, 0.15) is 0 Å². The minimum absolute atomic E-state index is 0.281. The van der Waals surface area contributed by atoms with Crippen LogP contribution in [0.2, 0.25) is 0 Å². The molecule has 1 aromatic carbocycles. The molecule has 6 nitrogen and oxygen atoms in total. The van der Waals surface area contributed by atoms with E-state index in [1.807, 2.05) is 31.2 Å². The van der Waals surface area contributed by atoms with E-state index >= 15 is 0 Å². The Morgan fingerprint density at radius 2 is 2.06 bits per heavy atom. The van der Waals surface area contributed by atoms with Crippen molar-refractivity contribution < 1.29 is 4.79 Å². The molecule has 0 unspecified atom stereocenters. The average molecular weight is 241 g/mol. The lowest BCUT2D eigenvalue weighted by Gasteiger charge is -1.98. The number of aromatic amines is 2. The molecule has 3 N–H and O–H groups in total. The summed E-state index contributed by atoms with van der Waals surface area (Å²) in [5.41, 5.74) is 2.07. The van der Waals surface area contributed by atoms with Crippen LogP contribution in [0.15, 0.2) is 30.3 Å². The fourth-order valence-electron chi connectivity index (χ4n) is 1.76. The molecular weight excluding hydrogens is 230 g/mol. The van der Waals surface area contributed by atoms with E-state index in [9.17, 15) is 4.79 Å². The van der Waals surface area contributed by atoms with Crippen LogP contribution in [0.4, 0.5) is 5.82 Å². The molecule has 0 bridgehead atoms. The molecule has 6 heteroatoms. The molecule has 3 aromatic rings. The summed E-state index contributed by atoms with van der Waals surface area (Å²) in [7, 11) is 0. The topological polar surface area (TPSA) is 86.5 Å². The van der Waals surface area contributed by atoms with Gasteiger partial charge < -0.3 is 5.32 Å². The molecule has 18 heavy (non-hydrogen) atoms. The summed E-state index contributed by atoms with van der Waals surface area (Å²) in [6.45, 7) is 1.84. The van der Waals surface area contributed by atoms with Gasteiger partial charge in [0, 0.05) is 11.1 Å². The molecule has 90 valence electrons. The number of fused-ring (bicyclic) bond motifs is 1. The summed E-state index contributed by atoms with van der Waals surface area (Å²) in [4.78, 5) is 11.9. The lowest BCUT2D eigenvalue weighted by molar-refractivity contribution is 0.102. The summed E-state index contributed by atoms with van der Waals surface area (Å²) in [6.07, 6.45) is 0. The number of para-hydroxylation sites is 1. The number of amides is 1. The average Bonchev–Trinajstić information content (AvgIpc) is 2.97. The van der Waals surface area contributed by atoms with Crippen LogP contribution in [0.3, 0.4) is 0 Å². The van der Waals surface area contributed by atoms with E-state index < -0.39 is 0 Å². The van der Waals surface area contributed by atoms with Crippen molar-refractivity contribution >= 4 is 22.6 Å². The Bertz CT molecular complexity index is 712.